The van der Waals surface area contributed by atoms with Gasteiger partial charge >= 0.3 is 0 Å². The number of fused-ring (bicyclic) bond motifs is 3. The molecule has 9 nitrogen and oxygen atoms in total. The van der Waals surface area contributed by atoms with E-state index in [1.54, 1.807) is 19.1 Å². The molecule has 0 unspecified atom stereocenters. The molecule has 1 aromatic carbocycles. The number of aliphatic hydroxyl groups is 2. The molecule has 0 saturated heterocycles. The maximum atomic E-state index is 12.9. The van der Waals surface area contributed by atoms with Gasteiger partial charge in [-0.05, 0) is 12.1 Å². The van der Waals surface area contributed by atoms with Crippen molar-refractivity contribution in [1.82, 2.24) is 10.2 Å². The van der Waals surface area contributed by atoms with Gasteiger partial charge in [0, 0.05) is 37.8 Å². The second kappa shape index (κ2) is 10.0. The van der Waals surface area contributed by atoms with Gasteiger partial charge in [-0.15, -0.1) is 0 Å². The molecule has 3 rings (SSSR count). The third-order valence-electron chi connectivity index (χ3n) is 5.59. The Morgan fingerprint density at radius 1 is 1.26 bits per heavy atom. The van der Waals surface area contributed by atoms with E-state index in [9.17, 15) is 19.5 Å². The summed E-state index contributed by atoms with van der Waals surface area (Å²) in [6.07, 6.45) is -0.429. The summed E-state index contributed by atoms with van der Waals surface area (Å²) < 4.78 is 11.1. The van der Waals surface area contributed by atoms with E-state index in [1.807, 2.05) is 12.1 Å². The third-order valence-corrected chi connectivity index (χ3v) is 5.59. The fourth-order valence-electron chi connectivity index (χ4n) is 4.08. The highest BCUT2D eigenvalue weighted by molar-refractivity contribution is 6.36. The number of amides is 2. The summed E-state index contributed by atoms with van der Waals surface area (Å²) >= 11 is 0. The lowest BCUT2D eigenvalue weighted by Crippen LogP contribution is -2.57. The number of aliphatic hydroxyl groups excluding tert-OH is 2. The van der Waals surface area contributed by atoms with Crippen LogP contribution in [0.1, 0.15) is 24.8 Å². The fourth-order valence-corrected chi connectivity index (χ4v) is 4.08. The van der Waals surface area contributed by atoms with Gasteiger partial charge in [0.25, 0.3) is 5.91 Å². The average Bonchev–Trinajstić information content (AvgIpc) is 3.18. The van der Waals surface area contributed by atoms with Crippen LogP contribution in [0.2, 0.25) is 0 Å². The van der Waals surface area contributed by atoms with Crippen LogP contribution in [0.5, 0.6) is 5.75 Å². The van der Waals surface area contributed by atoms with E-state index in [-0.39, 0.29) is 32.7 Å². The van der Waals surface area contributed by atoms with Crippen molar-refractivity contribution in [2.75, 3.05) is 33.4 Å². The van der Waals surface area contributed by atoms with E-state index < -0.39 is 41.8 Å². The number of nitrogens with one attached hydrogen (secondary N) is 1. The maximum absolute atomic E-state index is 12.9. The molecule has 0 radical (unpaired) electrons. The molecule has 1 aliphatic heterocycles. The van der Waals surface area contributed by atoms with Crippen molar-refractivity contribution in [3.8, 4) is 5.75 Å². The number of methoxy groups -OCH3 is 1. The number of carbonyl (C=O) groups excluding carboxylic acids is 3. The number of ether oxygens (including phenoxy) is 2. The number of hydrogen-bond donors (Lipinski definition) is 3. The fraction of sp³-hybridized carbons (Fsp3) is 0.500. The molecule has 0 saturated carbocycles. The Morgan fingerprint density at radius 3 is 2.68 bits per heavy atom. The van der Waals surface area contributed by atoms with Crippen molar-refractivity contribution in [2.45, 2.75) is 37.5 Å². The first-order chi connectivity index (χ1) is 14.9. The van der Waals surface area contributed by atoms with Gasteiger partial charge in [-0.1, -0.05) is 25.1 Å². The minimum absolute atomic E-state index is 0.0205. The van der Waals surface area contributed by atoms with E-state index >= 15 is 0 Å². The lowest BCUT2D eigenvalue weighted by molar-refractivity contribution is -0.148. The standard InChI is InChI=1S/C22H28N2O7/c1-3-16(26)22(29)24(9-11-30-2)15-12-14(21(28)23-8-10-25)18-13-6-4-5-7-17(13)31-20(18)19(15)27/h4-7,12,15,18-20,25,27H,3,8-11H2,1-2H3,(H,23,28)/t15-,18+,19+,20+/m1/s1. The smallest absolute Gasteiger partial charge is 0.290 e. The summed E-state index contributed by atoms with van der Waals surface area (Å²) in [5.41, 5.74) is 1.08. The van der Waals surface area contributed by atoms with Crippen LogP contribution in [-0.2, 0) is 19.1 Å². The highest BCUT2D eigenvalue weighted by Crippen LogP contribution is 2.47. The Kier molecular flexibility index (Phi) is 7.42. The lowest BCUT2D eigenvalue weighted by Gasteiger charge is -2.40. The van der Waals surface area contributed by atoms with Gasteiger partial charge in [0.2, 0.25) is 11.7 Å². The van der Waals surface area contributed by atoms with Crippen LogP contribution in [0.4, 0.5) is 0 Å². The van der Waals surface area contributed by atoms with E-state index in [0.717, 1.165) is 5.56 Å². The Morgan fingerprint density at radius 2 is 2.00 bits per heavy atom. The second-order valence-corrected chi connectivity index (χ2v) is 7.45. The van der Waals surface area contributed by atoms with Crippen LogP contribution >= 0.6 is 0 Å². The van der Waals surface area contributed by atoms with E-state index in [1.165, 1.54) is 18.1 Å². The van der Waals surface area contributed by atoms with E-state index in [2.05, 4.69) is 5.32 Å². The maximum Gasteiger partial charge on any atom is 0.290 e. The molecular formula is C22H28N2O7. The molecular weight excluding hydrogens is 404 g/mol. The van der Waals surface area contributed by atoms with Gasteiger partial charge in [0.1, 0.15) is 18.0 Å². The zero-order valence-electron chi connectivity index (χ0n) is 17.6. The van der Waals surface area contributed by atoms with Crippen LogP contribution in [0.3, 0.4) is 0 Å². The minimum Gasteiger partial charge on any atom is -0.486 e. The molecule has 1 heterocycles. The van der Waals surface area contributed by atoms with E-state index in [0.29, 0.717) is 11.3 Å². The topological polar surface area (TPSA) is 125 Å². The summed E-state index contributed by atoms with van der Waals surface area (Å²) in [4.78, 5) is 39.1. The van der Waals surface area contributed by atoms with Crippen molar-refractivity contribution >= 4 is 17.6 Å². The average molecular weight is 432 g/mol. The summed E-state index contributed by atoms with van der Waals surface area (Å²) in [5, 5.41) is 22.9. The zero-order chi connectivity index (χ0) is 22.5. The summed E-state index contributed by atoms with van der Waals surface area (Å²) in [6.45, 7) is 1.64. The van der Waals surface area contributed by atoms with E-state index in [4.69, 9.17) is 14.6 Å². The molecule has 2 aliphatic rings. The monoisotopic (exact) mass is 432 g/mol. The van der Waals surface area contributed by atoms with Gasteiger partial charge in [0.15, 0.2) is 0 Å². The largest absolute Gasteiger partial charge is 0.486 e. The quantitative estimate of drug-likeness (QED) is 0.460. The van der Waals surface area contributed by atoms with Crippen LogP contribution in [0.15, 0.2) is 35.9 Å². The lowest BCUT2D eigenvalue weighted by atomic mass is 9.77. The number of nitrogens with zero attached hydrogens (tertiary/aromatic N) is 1. The van der Waals surface area contributed by atoms with Gasteiger partial charge in [-0.25, -0.2) is 0 Å². The number of para-hydroxylation sites is 1. The van der Waals surface area contributed by atoms with Gasteiger partial charge in [-0.2, -0.15) is 0 Å². The normalized spacial score (nSPS) is 23.8. The van der Waals surface area contributed by atoms with Crippen LogP contribution in [-0.4, -0.2) is 84.4 Å². The molecule has 3 N–H and O–H groups in total. The Hall–Kier alpha value is -2.75. The molecule has 0 spiro atoms. The van der Waals surface area contributed by atoms with Crippen molar-refractivity contribution < 1.29 is 34.1 Å². The number of rotatable bonds is 9. The number of ketones is 1. The predicted molar refractivity (Wildman–Crippen MR) is 110 cm³/mol. The number of Topliss-reactive ketones (excluding diaryl/α,β-unsaturated/α-hetero) is 1. The van der Waals surface area contributed by atoms with Crippen LogP contribution in [0.25, 0.3) is 0 Å². The first-order valence-electron chi connectivity index (χ1n) is 10.3. The molecule has 4 atom stereocenters. The van der Waals surface area contributed by atoms with Crippen LogP contribution in [0, 0.1) is 0 Å². The number of benzene rings is 1. The molecule has 31 heavy (non-hydrogen) atoms. The molecule has 1 aromatic rings. The SMILES string of the molecule is CCC(=O)C(=O)N(CCOC)[C@@H]1C=C(C(=O)NCCO)[C@@H]2c3ccccc3O[C@@H]2[C@H]1O. The predicted octanol–water partition coefficient (Wildman–Crippen LogP) is -0.237. The van der Waals surface area contributed by atoms with Gasteiger partial charge in [0.05, 0.1) is 25.2 Å². The molecule has 0 bridgehead atoms. The third kappa shape index (κ3) is 4.48. The van der Waals surface area contributed by atoms with Crippen LogP contribution < -0.4 is 10.1 Å². The number of hydrogen-bond acceptors (Lipinski definition) is 7. The zero-order valence-corrected chi connectivity index (χ0v) is 17.6. The molecule has 2 amide bonds. The Labute approximate surface area is 180 Å². The molecule has 168 valence electrons. The number of carbonyl (C=O) groups is 3. The minimum atomic E-state index is -1.17. The van der Waals surface area contributed by atoms with Crippen molar-refractivity contribution in [2.24, 2.45) is 0 Å². The summed E-state index contributed by atoms with van der Waals surface area (Å²) in [7, 11) is 1.47. The first kappa shape index (κ1) is 22.9. The molecule has 0 fully saturated rings. The highest BCUT2D eigenvalue weighted by atomic mass is 16.5. The Balaban J connectivity index is 2.04. The molecule has 1 aliphatic carbocycles. The van der Waals surface area contributed by atoms with Crippen molar-refractivity contribution in [1.29, 1.82) is 0 Å². The van der Waals surface area contributed by atoms with Gasteiger partial charge in [-0.3, -0.25) is 14.4 Å². The summed E-state index contributed by atoms with van der Waals surface area (Å²) in [6, 6.07) is 6.25. The second-order valence-electron chi connectivity index (χ2n) is 7.45. The molecule has 0 aromatic heterocycles. The molecule has 9 heteroatoms. The highest BCUT2D eigenvalue weighted by Gasteiger charge is 2.50. The van der Waals surface area contributed by atoms with Crippen molar-refractivity contribution in [3.63, 3.8) is 0 Å². The van der Waals surface area contributed by atoms with Crippen molar-refractivity contribution in [3.05, 3.63) is 41.5 Å². The first-order valence-corrected chi connectivity index (χ1v) is 10.3. The Bertz CT molecular complexity index is 869. The summed E-state index contributed by atoms with van der Waals surface area (Å²) in [5.74, 6) is -1.76. The van der Waals surface area contributed by atoms with Gasteiger partial charge < -0.3 is 29.9 Å².